The zero-order valence-corrected chi connectivity index (χ0v) is 14.7. The number of fused-ring (bicyclic) bond motifs is 1. The van der Waals surface area contributed by atoms with E-state index >= 15 is 0 Å². The standard InChI is InChI=1S/C22H20N2O2/c1-13-7-9-16(10-8-13)20(19-14(2)23-24-22(19)26)21-17-6-4-3-5-15(17)11-12-18(21)25/h3-12,20,25H,1-2H3,(H2,23,24,26). The minimum Gasteiger partial charge on any atom is -0.508 e. The van der Waals surface area contributed by atoms with Crippen molar-refractivity contribution in [2.75, 3.05) is 0 Å². The van der Waals surface area contributed by atoms with Crippen molar-refractivity contribution in [3.05, 3.63) is 99.0 Å². The molecule has 4 heteroatoms. The average molecular weight is 344 g/mol. The number of aromatic hydroxyl groups is 1. The number of nitrogens with one attached hydrogen (secondary N) is 2. The van der Waals surface area contributed by atoms with Crippen LogP contribution in [0.1, 0.15) is 33.9 Å². The third-order valence-electron chi connectivity index (χ3n) is 4.95. The van der Waals surface area contributed by atoms with Crippen LogP contribution in [0.4, 0.5) is 0 Å². The highest BCUT2D eigenvalue weighted by molar-refractivity contribution is 5.89. The number of phenolic OH excluding ortho intramolecular Hbond substituents is 1. The maximum absolute atomic E-state index is 12.6. The summed E-state index contributed by atoms with van der Waals surface area (Å²) < 4.78 is 0. The van der Waals surface area contributed by atoms with E-state index in [4.69, 9.17) is 0 Å². The van der Waals surface area contributed by atoms with Crippen molar-refractivity contribution < 1.29 is 5.11 Å². The molecule has 0 fully saturated rings. The molecule has 0 saturated heterocycles. The Balaban J connectivity index is 2.09. The average Bonchev–Trinajstić information content (AvgIpc) is 2.97. The molecule has 1 unspecified atom stereocenters. The Morgan fingerprint density at radius 2 is 1.58 bits per heavy atom. The van der Waals surface area contributed by atoms with E-state index in [1.54, 1.807) is 6.07 Å². The van der Waals surface area contributed by atoms with Crippen LogP contribution in [0.5, 0.6) is 5.75 Å². The molecular weight excluding hydrogens is 324 g/mol. The molecule has 130 valence electrons. The van der Waals surface area contributed by atoms with Gasteiger partial charge in [0.05, 0.1) is 5.56 Å². The van der Waals surface area contributed by atoms with Gasteiger partial charge >= 0.3 is 0 Å². The molecule has 3 N–H and O–H groups in total. The fourth-order valence-corrected chi connectivity index (χ4v) is 3.63. The monoisotopic (exact) mass is 344 g/mol. The maximum atomic E-state index is 12.6. The number of hydrogen-bond acceptors (Lipinski definition) is 2. The molecule has 1 atom stereocenters. The smallest absolute Gasteiger partial charge is 0.268 e. The molecule has 1 aromatic heterocycles. The first kappa shape index (κ1) is 16.2. The Morgan fingerprint density at radius 3 is 2.27 bits per heavy atom. The minimum atomic E-state index is -0.364. The molecule has 0 saturated carbocycles. The van der Waals surface area contributed by atoms with Crippen LogP contribution in [0.2, 0.25) is 0 Å². The summed E-state index contributed by atoms with van der Waals surface area (Å²) in [6.45, 7) is 3.90. The van der Waals surface area contributed by atoms with Crippen molar-refractivity contribution in [2.24, 2.45) is 0 Å². The molecule has 0 aliphatic rings. The normalized spacial score (nSPS) is 12.4. The van der Waals surface area contributed by atoms with Gasteiger partial charge in [-0.1, -0.05) is 60.2 Å². The summed E-state index contributed by atoms with van der Waals surface area (Å²) in [5.41, 5.74) is 4.10. The van der Waals surface area contributed by atoms with Crippen LogP contribution in [0.15, 0.2) is 65.5 Å². The van der Waals surface area contributed by atoms with Gasteiger partial charge in [0.1, 0.15) is 5.75 Å². The fraction of sp³-hybridized carbons (Fsp3) is 0.136. The lowest BCUT2D eigenvalue weighted by molar-refractivity contribution is 0.468. The molecule has 0 spiro atoms. The van der Waals surface area contributed by atoms with Crippen molar-refractivity contribution >= 4 is 10.8 Å². The summed E-state index contributed by atoms with van der Waals surface area (Å²) >= 11 is 0. The number of hydrogen-bond donors (Lipinski definition) is 3. The number of aromatic nitrogens is 2. The largest absolute Gasteiger partial charge is 0.508 e. The predicted molar refractivity (Wildman–Crippen MR) is 104 cm³/mol. The molecule has 0 bridgehead atoms. The van der Waals surface area contributed by atoms with Gasteiger partial charge in [-0.15, -0.1) is 0 Å². The van der Waals surface area contributed by atoms with E-state index in [0.29, 0.717) is 5.56 Å². The first-order chi connectivity index (χ1) is 12.6. The second kappa shape index (κ2) is 6.23. The van der Waals surface area contributed by atoms with Crippen LogP contribution in [0.25, 0.3) is 10.8 Å². The minimum absolute atomic E-state index is 0.166. The van der Waals surface area contributed by atoms with Crippen molar-refractivity contribution in [1.29, 1.82) is 0 Å². The highest BCUT2D eigenvalue weighted by Crippen LogP contribution is 2.40. The van der Waals surface area contributed by atoms with Gasteiger partial charge in [-0.25, -0.2) is 0 Å². The third-order valence-corrected chi connectivity index (χ3v) is 4.95. The number of aromatic amines is 2. The van der Waals surface area contributed by atoms with Gasteiger partial charge in [0, 0.05) is 17.2 Å². The highest BCUT2D eigenvalue weighted by Gasteiger charge is 2.27. The lowest BCUT2D eigenvalue weighted by Gasteiger charge is -2.21. The second-order valence-electron chi connectivity index (χ2n) is 6.68. The van der Waals surface area contributed by atoms with E-state index in [2.05, 4.69) is 10.2 Å². The van der Waals surface area contributed by atoms with Crippen LogP contribution in [0.3, 0.4) is 0 Å². The summed E-state index contributed by atoms with van der Waals surface area (Å²) in [7, 11) is 0. The summed E-state index contributed by atoms with van der Waals surface area (Å²) in [5.74, 6) is -0.175. The Kier molecular flexibility index (Phi) is 3.88. The first-order valence-electron chi connectivity index (χ1n) is 8.60. The SMILES string of the molecule is Cc1ccc(C(c2c(C)[nH][nH]c2=O)c2c(O)ccc3ccccc23)cc1. The second-order valence-corrected chi connectivity index (χ2v) is 6.68. The zero-order chi connectivity index (χ0) is 18.3. The molecule has 0 amide bonds. The number of H-pyrrole nitrogens is 2. The highest BCUT2D eigenvalue weighted by atomic mass is 16.3. The Labute approximate surface area is 151 Å². The van der Waals surface area contributed by atoms with Crippen molar-refractivity contribution in [3.63, 3.8) is 0 Å². The topological polar surface area (TPSA) is 68.9 Å². The van der Waals surface area contributed by atoms with E-state index in [0.717, 1.165) is 33.2 Å². The fourth-order valence-electron chi connectivity index (χ4n) is 3.63. The summed E-state index contributed by atoms with van der Waals surface area (Å²) in [6.07, 6.45) is 0. The molecule has 0 radical (unpaired) electrons. The lowest BCUT2D eigenvalue weighted by atomic mass is 9.82. The quantitative estimate of drug-likeness (QED) is 0.517. The summed E-state index contributed by atoms with van der Waals surface area (Å²) in [5, 5.41) is 18.3. The van der Waals surface area contributed by atoms with E-state index in [1.165, 1.54) is 0 Å². The predicted octanol–water partition coefficient (Wildman–Crippen LogP) is 4.36. The molecule has 0 aliphatic carbocycles. The Morgan fingerprint density at radius 1 is 0.846 bits per heavy atom. The van der Waals surface area contributed by atoms with E-state index in [9.17, 15) is 9.90 Å². The molecule has 4 aromatic rings. The maximum Gasteiger partial charge on any atom is 0.268 e. The zero-order valence-electron chi connectivity index (χ0n) is 14.7. The van der Waals surface area contributed by atoms with Gasteiger partial charge in [0.25, 0.3) is 5.56 Å². The van der Waals surface area contributed by atoms with Gasteiger partial charge < -0.3 is 10.2 Å². The van der Waals surface area contributed by atoms with Gasteiger partial charge in [0.2, 0.25) is 0 Å². The number of aryl methyl sites for hydroxylation is 2. The van der Waals surface area contributed by atoms with Crippen molar-refractivity contribution in [2.45, 2.75) is 19.8 Å². The van der Waals surface area contributed by atoms with Gasteiger partial charge in [-0.2, -0.15) is 0 Å². The Bertz CT molecular complexity index is 1140. The van der Waals surface area contributed by atoms with Gasteiger partial charge in [0.15, 0.2) is 0 Å². The Hall–Kier alpha value is -3.27. The summed E-state index contributed by atoms with van der Waals surface area (Å²) in [6, 6.07) is 19.6. The van der Waals surface area contributed by atoms with Crippen molar-refractivity contribution in [3.8, 4) is 5.75 Å². The van der Waals surface area contributed by atoms with Crippen LogP contribution >= 0.6 is 0 Å². The van der Waals surface area contributed by atoms with E-state index in [-0.39, 0.29) is 17.2 Å². The molecule has 26 heavy (non-hydrogen) atoms. The third kappa shape index (κ3) is 2.60. The summed E-state index contributed by atoms with van der Waals surface area (Å²) in [4.78, 5) is 12.6. The first-order valence-corrected chi connectivity index (χ1v) is 8.60. The number of benzene rings is 3. The van der Waals surface area contributed by atoms with Crippen LogP contribution in [0, 0.1) is 13.8 Å². The van der Waals surface area contributed by atoms with E-state index in [1.807, 2.05) is 68.4 Å². The molecule has 4 nitrogen and oxygen atoms in total. The van der Waals surface area contributed by atoms with Crippen LogP contribution in [-0.4, -0.2) is 15.3 Å². The van der Waals surface area contributed by atoms with Crippen LogP contribution in [-0.2, 0) is 0 Å². The van der Waals surface area contributed by atoms with E-state index < -0.39 is 0 Å². The van der Waals surface area contributed by atoms with Crippen molar-refractivity contribution in [1.82, 2.24) is 10.2 Å². The molecule has 0 aliphatic heterocycles. The van der Waals surface area contributed by atoms with Crippen LogP contribution < -0.4 is 5.56 Å². The molecule has 3 aromatic carbocycles. The van der Waals surface area contributed by atoms with Gasteiger partial charge in [-0.3, -0.25) is 9.89 Å². The lowest BCUT2D eigenvalue weighted by Crippen LogP contribution is -2.15. The van der Waals surface area contributed by atoms with Gasteiger partial charge in [-0.05, 0) is 36.2 Å². The number of rotatable bonds is 3. The molecular formula is C22H20N2O2. The number of phenols is 1. The molecule has 4 rings (SSSR count). The molecule has 1 heterocycles.